The van der Waals surface area contributed by atoms with E-state index in [4.69, 9.17) is 9.47 Å². The van der Waals surface area contributed by atoms with Crippen LogP contribution in [0.25, 0.3) is 54.2 Å². The molecule has 0 bridgehead atoms. The van der Waals surface area contributed by atoms with Crippen LogP contribution in [0, 0.1) is 0 Å². The lowest BCUT2D eigenvalue weighted by atomic mass is 9.91. The average molecular weight is 578 g/mol. The lowest BCUT2D eigenvalue weighted by molar-refractivity contribution is 0.414. The van der Waals surface area contributed by atoms with Crippen molar-refractivity contribution in [3.8, 4) is 54.8 Å². The molecular formula is C39H31NO2S. The Bertz CT molecular complexity index is 1990. The number of hydrogen-bond donors (Lipinski definition) is 0. The second-order valence-corrected chi connectivity index (χ2v) is 11.6. The van der Waals surface area contributed by atoms with Crippen LogP contribution in [0.2, 0.25) is 0 Å². The number of nitrogens with zero attached hydrogens (tertiary/aromatic N) is 1. The zero-order valence-electron chi connectivity index (χ0n) is 24.2. The normalized spacial score (nSPS) is 11.1. The molecule has 0 radical (unpaired) electrons. The summed E-state index contributed by atoms with van der Waals surface area (Å²) in [5.74, 6) is 1.69. The van der Waals surface area contributed by atoms with E-state index in [0.29, 0.717) is 0 Å². The van der Waals surface area contributed by atoms with Crippen LogP contribution in [0.3, 0.4) is 0 Å². The Morgan fingerprint density at radius 2 is 1.16 bits per heavy atom. The fourth-order valence-corrected chi connectivity index (χ4v) is 6.82. The van der Waals surface area contributed by atoms with Crippen LogP contribution in [0.15, 0.2) is 140 Å². The van der Waals surface area contributed by atoms with Crippen molar-refractivity contribution in [3.63, 3.8) is 0 Å². The smallest absolute Gasteiger partial charge is 0.118 e. The van der Waals surface area contributed by atoms with Crippen molar-refractivity contribution >= 4 is 22.2 Å². The highest BCUT2D eigenvalue weighted by Crippen LogP contribution is 2.44. The van der Waals surface area contributed by atoms with Crippen LogP contribution < -0.4 is 9.47 Å². The van der Waals surface area contributed by atoms with E-state index in [-0.39, 0.29) is 0 Å². The summed E-state index contributed by atoms with van der Waals surface area (Å²) in [5.41, 5.74) is 9.61. The van der Waals surface area contributed by atoms with Crippen molar-refractivity contribution in [2.24, 2.45) is 0 Å². The Morgan fingerprint density at radius 3 is 1.81 bits per heavy atom. The summed E-state index contributed by atoms with van der Waals surface area (Å²) in [4.78, 5) is 2.51. The van der Waals surface area contributed by atoms with Gasteiger partial charge in [-0.05, 0) is 81.9 Å². The number of methoxy groups -OCH3 is 2. The largest absolute Gasteiger partial charge is 0.497 e. The highest BCUT2D eigenvalue weighted by Gasteiger charge is 2.20. The van der Waals surface area contributed by atoms with Crippen molar-refractivity contribution in [1.29, 1.82) is 0 Å². The molecule has 43 heavy (non-hydrogen) atoms. The molecule has 0 aliphatic rings. The molecule has 0 aliphatic carbocycles. The molecule has 0 N–H and O–H groups in total. The molecule has 0 amide bonds. The maximum absolute atomic E-state index is 5.50. The van der Waals surface area contributed by atoms with Gasteiger partial charge in [-0.25, -0.2) is 0 Å². The number of rotatable bonds is 8. The molecule has 4 heteroatoms. The van der Waals surface area contributed by atoms with E-state index < -0.39 is 0 Å². The molecule has 0 aliphatic heterocycles. The number of benzene rings is 5. The highest BCUT2D eigenvalue weighted by atomic mass is 32.1. The average Bonchev–Trinajstić information content (AvgIpc) is 3.71. The minimum Gasteiger partial charge on any atom is -0.497 e. The Kier molecular flexibility index (Phi) is 7.28. The van der Waals surface area contributed by atoms with Crippen LogP contribution in [0.5, 0.6) is 11.5 Å². The Morgan fingerprint density at radius 1 is 0.558 bits per heavy atom. The summed E-state index contributed by atoms with van der Waals surface area (Å²) in [6.07, 6.45) is 0. The molecule has 5 aromatic carbocycles. The minimum atomic E-state index is 0.780. The Balaban J connectivity index is 1.47. The first-order valence-corrected chi connectivity index (χ1v) is 15.2. The van der Waals surface area contributed by atoms with Crippen molar-refractivity contribution in [2.45, 2.75) is 6.54 Å². The summed E-state index contributed by atoms with van der Waals surface area (Å²) in [6.45, 7) is 0.780. The minimum absolute atomic E-state index is 0.780. The van der Waals surface area contributed by atoms with Gasteiger partial charge in [-0.2, -0.15) is 0 Å². The number of hydrogen-bond acceptors (Lipinski definition) is 3. The number of ether oxygens (including phenoxy) is 2. The summed E-state index contributed by atoms with van der Waals surface area (Å²) < 4.78 is 13.4. The standard InChI is InChI=1S/C39H31NO2S/c1-41-31-17-13-28(14-18-31)33-21-22-35-34(39(33)30-15-19-32(42-2)20-16-30)25-36(40(35)26-27-9-5-3-6-10-27)38-24-23-37(43-38)29-11-7-4-8-12-29/h3-25H,26H2,1-2H3. The monoisotopic (exact) mass is 577 g/mol. The molecule has 0 saturated heterocycles. The summed E-state index contributed by atoms with van der Waals surface area (Å²) >= 11 is 1.84. The third-order valence-electron chi connectivity index (χ3n) is 7.97. The fraction of sp³-hybridized carbons (Fsp3) is 0.0769. The molecule has 7 rings (SSSR count). The topological polar surface area (TPSA) is 23.4 Å². The van der Waals surface area contributed by atoms with E-state index in [2.05, 4.69) is 120 Å². The van der Waals surface area contributed by atoms with Crippen molar-refractivity contribution in [3.05, 3.63) is 145 Å². The van der Waals surface area contributed by atoms with Crippen LogP contribution in [-0.2, 0) is 6.54 Å². The first-order chi connectivity index (χ1) is 21.2. The van der Waals surface area contributed by atoms with E-state index in [1.54, 1.807) is 14.2 Å². The first-order valence-electron chi connectivity index (χ1n) is 14.4. The third-order valence-corrected chi connectivity index (χ3v) is 9.12. The van der Waals surface area contributed by atoms with Crippen LogP contribution in [-0.4, -0.2) is 18.8 Å². The second kappa shape index (κ2) is 11.7. The molecule has 7 aromatic rings. The quantitative estimate of drug-likeness (QED) is 0.179. The molecule has 0 fully saturated rings. The third kappa shape index (κ3) is 5.22. The predicted octanol–water partition coefficient (Wildman–Crippen LogP) is 10.4. The molecule has 210 valence electrons. The Labute approximate surface area is 256 Å². The molecule has 0 unspecified atom stereocenters. The van der Waals surface area contributed by atoms with E-state index in [1.807, 2.05) is 35.6 Å². The van der Waals surface area contributed by atoms with Gasteiger partial charge in [0.1, 0.15) is 11.5 Å². The van der Waals surface area contributed by atoms with Gasteiger partial charge < -0.3 is 14.0 Å². The highest BCUT2D eigenvalue weighted by molar-refractivity contribution is 7.18. The fourth-order valence-electron chi connectivity index (χ4n) is 5.79. The number of fused-ring (bicyclic) bond motifs is 1. The zero-order chi connectivity index (χ0) is 29.2. The lowest BCUT2D eigenvalue weighted by Gasteiger charge is -2.15. The molecule has 3 nitrogen and oxygen atoms in total. The molecule has 0 atom stereocenters. The van der Waals surface area contributed by atoms with Gasteiger partial charge in [0.15, 0.2) is 0 Å². The van der Waals surface area contributed by atoms with Gasteiger partial charge in [-0.1, -0.05) is 91.0 Å². The second-order valence-electron chi connectivity index (χ2n) is 10.5. The van der Waals surface area contributed by atoms with Crippen LogP contribution in [0.1, 0.15) is 5.56 Å². The predicted molar refractivity (Wildman–Crippen MR) is 180 cm³/mol. The van der Waals surface area contributed by atoms with Crippen molar-refractivity contribution in [2.75, 3.05) is 14.2 Å². The van der Waals surface area contributed by atoms with Crippen LogP contribution >= 0.6 is 11.3 Å². The van der Waals surface area contributed by atoms with Crippen molar-refractivity contribution in [1.82, 2.24) is 4.57 Å². The molecular weight excluding hydrogens is 547 g/mol. The maximum atomic E-state index is 5.50. The number of aromatic nitrogens is 1. The van der Waals surface area contributed by atoms with Crippen molar-refractivity contribution < 1.29 is 9.47 Å². The summed E-state index contributed by atoms with van der Waals surface area (Å²) in [7, 11) is 3.41. The van der Waals surface area contributed by atoms with Gasteiger partial charge in [-0.15, -0.1) is 11.3 Å². The number of thiophene rings is 1. The van der Waals surface area contributed by atoms with Gasteiger partial charge in [0.2, 0.25) is 0 Å². The molecule has 2 aromatic heterocycles. The van der Waals surface area contributed by atoms with E-state index in [9.17, 15) is 0 Å². The summed E-state index contributed by atoms with van der Waals surface area (Å²) in [5, 5.41) is 1.22. The summed E-state index contributed by atoms with van der Waals surface area (Å²) in [6, 6.07) is 49.5. The lowest BCUT2D eigenvalue weighted by Crippen LogP contribution is -2.01. The van der Waals surface area contributed by atoms with Gasteiger partial charge in [0.25, 0.3) is 0 Å². The maximum Gasteiger partial charge on any atom is 0.118 e. The molecule has 2 heterocycles. The van der Waals surface area contributed by atoms with Gasteiger partial charge in [0, 0.05) is 22.3 Å². The molecule has 0 spiro atoms. The van der Waals surface area contributed by atoms with E-state index in [1.165, 1.54) is 48.6 Å². The van der Waals surface area contributed by atoms with E-state index >= 15 is 0 Å². The zero-order valence-corrected chi connectivity index (χ0v) is 25.0. The van der Waals surface area contributed by atoms with E-state index in [0.717, 1.165) is 29.2 Å². The van der Waals surface area contributed by atoms with Gasteiger partial charge in [-0.3, -0.25) is 0 Å². The van der Waals surface area contributed by atoms with Gasteiger partial charge >= 0.3 is 0 Å². The Hall–Kier alpha value is -5.06. The van der Waals surface area contributed by atoms with Crippen LogP contribution in [0.4, 0.5) is 0 Å². The molecule has 0 saturated carbocycles. The van der Waals surface area contributed by atoms with Gasteiger partial charge in [0.05, 0.1) is 24.8 Å². The first kappa shape index (κ1) is 26.8. The SMILES string of the molecule is COc1ccc(-c2ccc3c(cc(-c4ccc(-c5ccccc5)s4)n3Cc3ccccc3)c2-c2ccc(OC)cc2)cc1.